The summed E-state index contributed by atoms with van der Waals surface area (Å²) in [5.41, 5.74) is 10.3. The number of aromatic nitrogens is 3. The van der Waals surface area contributed by atoms with Crippen LogP contribution in [0.5, 0.6) is 0 Å². The van der Waals surface area contributed by atoms with Crippen LogP contribution in [0.4, 0.5) is 16.7 Å². The van der Waals surface area contributed by atoms with Crippen molar-refractivity contribution in [3.05, 3.63) is 65.5 Å². The molecule has 1 aliphatic heterocycles. The highest BCUT2D eigenvalue weighted by Crippen LogP contribution is 2.44. The number of anilines is 2. The van der Waals surface area contributed by atoms with Gasteiger partial charge in [0.2, 0.25) is 17.7 Å². The molecule has 1 aromatic heterocycles. The van der Waals surface area contributed by atoms with Crippen molar-refractivity contribution in [1.29, 1.82) is 0 Å². The van der Waals surface area contributed by atoms with Crippen molar-refractivity contribution in [2.45, 2.75) is 5.92 Å². The first-order valence-corrected chi connectivity index (χ1v) is 10.6. The maximum atomic E-state index is 12.8. The molecule has 168 valence electrons. The highest BCUT2D eigenvalue weighted by atomic mass is 16.6. The second-order valence-corrected chi connectivity index (χ2v) is 7.90. The van der Waals surface area contributed by atoms with E-state index in [4.69, 9.17) is 15.6 Å². The Kier molecular flexibility index (Phi) is 5.25. The summed E-state index contributed by atoms with van der Waals surface area (Å²) < 4.78 is 5.72. The van der Waals surface area contributed by atoms with Crippen LogP contribution >= 0.6 is 0 Å². The molecule has 10 nitrogen and oxygen atoms in total. The number of carbonyl (C=O) groups excluding carboxylic acids is 1. The van der Waals surface area contributed by atoms with Crippen molar-refractivity contribution >= 4 is 24.0 Å². The molecule has 1 saturated heterocycles. The lowest BCUT2D eigenvalue weighted by molar-refractivity contribution is 0.0683. The SMILES string of the molecule is Nc1nc(C(=O)O)nc(N2CCN(C(=O)OCC3c4ccccc4-c4ccccc43)CC2)n1. The van der Waals surface area contributed by atoms with E-state index in [1.165, 1.54) is 11.1 Å². The molecular weight excluding hydrogens is 424 g/mol. The van der Waals surface area contributed by atoms with Crippen LogP contribution in [-0.4, -0.2) is 69.8 Å². The van der Waals surface area contributed by atoms with Gasteiger partial charge in [0.05, 0.1) is 0 Å². The zero-order chi connectivity index (χ0) is 22.9. The number of nitrogen functional groups attached to an aromatic ring is 1. The topological polar surface area (TPSA) is 135 Å². The van der Waals surface area contributed by atoms with E-state index < -0.39 is 11.8 Å². The van der Waals surface area contributed by atoms with Crippen LogP contribution in [-0.2, 0) is 4.74 Å². The third-order valence-electron chi connectivity index (χ3n) is 5.99. The van der Waals surface area contributed by atoms with Crippen LogP contribution in [0.2, 0.25) is 0 Å². The van der Waals surface area contributed by atoms with Crippen molar-refractivity contribution in [2.75, 3.05) is 43.4 Å². The van der Waals surface area contributed by atoms with Gasteiger partial charge in [-0.05, 0) is 22.3 Å². The summed E-state index contributed by atoms with van der Waals surface area (Å²) in [5.74, 6) is -1.65. The van der Waals surface area contributed by atoms with Crippen LogP contribution in [0, 0.1) is 0 Å². The number of hydrogen-bond donors (Lipinski definition) is 2. The van der Waals surface area contributed by atoms with Gasteiger partial charge in [0.1, 0.15) is 6.61 Å². The minimum absolute atomic E-state index is 0.00488. The van der Waals surface area contributed by atoms with Gasteiger partial charge in [-0.2, -0.15) is 15.0 Å². The quantitative estimate of drug-likeness (QED) is 0.618. The maximum Gasteiger partial charge on any atom is 0.409 e. The third-order valence-corrected chi connectivity index (χ3v) is 5.99. The number of amides is 1. The Morgan fingerprint density at radius 3 is 2.15 bits per heavy atom. The van der Waals surface area contributed by atoms with Crippen LogP contribution in [0.25, 0.3) is 11.1 Å². The molecule has 3 aromatic rings. The van der Waals surface area contributed by atoms with E-state index in [-0.39, 0.29) is 30.5 Å². The number of piperazine rings is 1. The average Bonchev–Trinajstić information content (AvgIpc) is 3.16. The summed E-state index contributed by atoms with van der Waals surface area (Å²) in [6.07, 6.45) is -0.377. The number of carboxylic acids is 1. The van der Waals surface area contributed by atoms with Gasteiger partial charge >= 0.3 is 12.1 Å². The number of hydrogen-bond acceptors (Lipinski definition) is 8. The first-order chi connectivity index (χ1) is 16.0. The molecule has 0 bridgehead atoms. The lowest BCUT2D eigenvalue weighted by Gasteiger charge is -2.34. The summed E-state index contributed by atoms with van der Waals surface area (Å²) in [6.45, 7) is 1.90. The largest absolute Gasteiger partial charge is 0.475 e. The number of aromatic carboxylic acids is 1. The number of nitrogens with two attached hydrogens (primary N) is 1. The lowest BCUT2D eigenvalue weighted by Crippen LogP contribution is -2.49. The van der Waals surface area contributed by atoms with E-state index in [1.807, 2.05) is 24.3 Å². The van der Waals surface area contributed by atoms with E-state index >= 15 is 0 Å². The highest BCUT2D eigenvalue weighted by molar-refractivity contribution is 5.83. The molecule has 0 saturated carbocycles. The van der Waals surface area contributed by atoms with Gasteiger partial charge in [-0.3, -0.25) is 0 Å². The van der Waals surface area contributed by atoms with Crippen LogP contribution in [0.3, 0.4) is 0 Å². The molecule has 33 heavy (non-hydrogen) atoms. The smallest absolute Gasteiger partial charge is 0.409 e. The van der Waals surface area contributed by atoms with E-state index in [9.17, 15) is 9.59 Å². The third kappa shape index (κ3) is 3.91. The Bertz CT molecular complexity index is 1180. The summed E-state index contributed by atoms with van der Waals surface area (Å²) in [6, 6.07) is 16.4. The Labute approximate surface area is 189 Å². The predicted molar refractivity (Wildman–Crippen MR) is 120 cm³/mol. The number of benzene rings is 2. The molecule has 1 amide bonds. The van der Waals surface area contributed by atoms with Crippen molar-refractivity contribution in [1.82, 2.24) is 19.9 Å². The molecule has 2 aliphatic rings. The monoisotopic (exact) mass is 446 g/mol. The van der Waals surface area contributed by atoms with Gasteiger partial charge in [0.15, 0.2) is 0 Å². The zero-order valence-electron chi connectivity index (χ0n) is 17.7. The van der Waals surface area contributed by atoms with Gasteiger partial charge in [-0.1, -0.05) is 48.5 Å². The van der Waals surface area contributed by atoms with Crippen molar-refractivity contribution < 1.29 is 19.4 Å². The molecule has 5 rings (SSSR count). The summed E-state index contributed by atoms with van der Waals surface area (Å²) in [7, 11) is 0. The Morgan fingerprint density at radius 1 is 0.939 bits per heavy atom. The van der Waals surface area contributed by atoms with Crippen molar-refractivity contribution in [2.24, 2.45) is 0 Å². The predicted octanol–water partition coefficient (Wildman–Crippen LogP) is 2.22. The fourth-order valence-electron chi connectivity index (χ4n) is 4.39. The first kappa shape index (κ1) is 20.7. The van der Waals surface area contributed by atoms with Crippen molar-refractivity contribution in [3.8, 4) is 11.1 Å². The zero-order valence-corrected chi connectivity index (χ0v) is 17.7. The molecule has 0 spiro atoms. The number of fused-ring (bicyclic) bond motifs is 3. The van der Waals surface area contributed by atoms with Gasteiger partial charge in [-0.25, -0.2) is 9.59 Å². The van der Waals surface area contributed by atoms with Gasteiger partial charge < -0.3 is 25.4 Å². The van der Waals surface area contributed by atoms with Gasteiger partial charge in [0, 0.05) is 32.1 Å². The lowest BCUT2D eigenvalue weighted by atomic mass is 9.98. The standard InChI is InChI=1S/C23H22N6O4/c24-21-25-19(20(30)31)26-22(27-21)28-9-11-29(12-10-28)23(32)33-13-18-16-7-3-1-5-14(16)15-6-2-4-8-17(15)18/h1-8,18H,9-13H2,(H,30,31)(H2,24,25,26,27). The number of carbonyl (C=O) groups is 2. The number of nitrogens with zero attached hydrogens (tertiary/aromatic N) is 5. The molecule has 1 fully saturated rings. The molecule has 0 unspecified atom stereocenters. The van der Waals surface area contributed by atoms with E-state index in [0.717, 1.165) is 11.1 Å². The minimum Gasteiger partial charge on any atom is -0.475 e. The summed E-state index contributed by atoms with van der Waals surface area (Å²) in [4.78, 5) is 38.9. The molecule has 2 aromatic carbocycles. The minimum atomic E-state index is -1.28. The molecule has 0 atom stereocenters. The highest BCUT2D eigenvalue weighted by Gasteiger charge is 2.30. The Morgan fingerprint density at radius 2 is 1.55 bits per heavy atom. The molecule has 0 radical (unpaired) electrons. The second-order valence-electron chi connectivity index (χ2n) is 7.90. The Balaban J connectivity index is 1.22. The van der Waals surface area contributed by atoms with Crippen molar-refractivity contribution in [3.63, 3.8) is 0 Å². The normalized spacial score (nSPS) is 15.2. The van der Waals surface area contributed by atoms with Crippen LogP contribution in [0.15, 0.2) is 48.5 Å². The fraction of sp³-hybridized carbons (Fsp3) is 0.261. The van der Waals surface area contributed by atoms with Gasteiger partial charge in [0.25, 0.3) is 0 Å². The summed E-state index contributed by atoms with van der Waals surface area (Å²) >= 11 is 0. The van der Waals surface area contributed by atoms with E-state index in [2.05, 4.69) is 39.2 Å². The Hall–Kier alpha value is -4.21. The number of ether oxygens (including phenoxy) is 1. The first-order valence-electron chi connectivity index (χ1n) is 10.6. The number of carboxylic acid groups (broad SMARTS) is 1. The second kappa shape index (κ2) is 8.38. The van der Waals surface area contributed by atoms with E-state index in [0.29, 0.717) is 26.2 Å². The molecular formula is C23H22N6O4. The van der Waals surface area contributed by atoms with E-state index in [1.54, 1.807) is 9.80 Å². The molecule has 3 N–H and O–H groups in total. The molecule has 2 heterocycles. The van der Waals surface area contributed by atoms with Crippen LogP contribution < -0.4 is 10.6 Å². The molecule has 10 heteroatoms. The average molecular weight is 446 g/mol. The fourth-order valence-corrected chi connectivity index (χ4v) is 4.39. The number of rotatable bonds is 4. The summed E-state index contributed by atoms with van der Waals surface area (Å²) in [5, 5.41) is 9.12. The molecule has 1 aliphatic carbocycles. The van der Waals surface area contributed by atoms with Gasteiger partial charge in [-0.15, -0.1) is 0 Å². The van der Waals surface area contributed by atoms with Crippen LogP contribution in [0.1, 0.15) is 27.7 Å². The maximum absolute atomic E-state index is 12.8.